The number of carbonyl (C=O) groups excluding carboxylic acids is 1. The van der Waals surface area contributed by atoms with Gasteiger partial charge in [-0.3, -0.25) is 14.6 Å². The number of carboxylic acid groups (broad SMARTS) is 1. The van der Waals surface area contributed by atoms with Crippen LogP contribution in [0.4, 0.5) is 18.3 Å². The number of pyridine rings is 1. The van der Waals surface area contributed by atoms with E-state index in [1.54, 1.807) is 18.2 Å². The number of thiazole rings is 1. The lowest BCUT2D eigenvalue weighted by Gasteiger charge is -2.23. The molecule has 1 aromatic carbocycles. The second kappa shape index (κ2) is 7.84. The molecular formula is C22H16F3N3O4S. The van der Waals surface area contributed by atoms with Crippen molar-refractivity contribution in [3.63, 3.8) is 0 Å². The second-order valence-corrected chi connectivity index (χ2v) is 8.98. The molecule has 33 heavy (non-hydrogen) atoms. The van der Waals surface area contributed by atoms with Crippen molar-refractivity contribution in [1.82, 2.24) is 9.97 Å². The number of benzene rings is 1. The van der Waals surface area contributed by atoms with Crippen LogP contribution in [-0.2, 0) is 15.8 Å². The monoisotopic (exact) mass is 475 g/mol. The van der Waals surface area contributed by atoms with Crippen LogP contribution in [0.3, 0.4) is 0 Å². The average Bonchev–Trinajstić information content (AvgIpc) is 3.46. The number of halogens is 3. The first-order valence-corrected chi connectivity index (χ1v) is 10.8. The SMILES string of the molecule is O=C(O)C1C2C=CC(C2)C1C(=O)Nc1nc2ccc(Oc3ccnc(C(F)(F)F)c3)cc2s1. The maximum Gasteiger partial charge on any atom is 0.433 e. The van der Waals surface area contributed by atoms with E-state index in [2.05, 4.69) is 15.3 Å². The highest BCUT2D eigenvalue weighted by Gasteiger charge is 2.51. The van der Waals surface area contributed by atoms with E-state index < -0.39 is 29.7 Å². The molecule has 1 saturated carbocycles. The number of alkyl halides is 3. The van der Waals surface area contributed by atoms with Crippen molar-refractivity contribution in [2.24, 2.45) is 23.7 Å². The van der Waals surface area contributed by atoms with Crippen LogP contribution in [0.5, 0.6) is 11.5 Å². The Balaban J connectivity index is 1.33. The predicted octanol–water partition coefficient (Wildman–Crippen LogP) is 4.96. The second-order valence-electron chi connectivity index (χ2n) is 7.95. The standard InChI is InChI=1S/C22H16F3N3O4S/c23-22(24,25)16-9-13(5-6-26-16)32-12-3-4-14-15(8-12)33-21(27-14)28-19(29)17-10-1-2-11(7-10)18(17)20(30)31/h1-6,8-11,17-18H,7H2,(H,30,31)(H,27,28,29). The average molecular weight is 475 g/mol. The number of hydrogen-bond acceptors (Lipinski definition) is 6. The summed E-state index contributed by atoms with van der Waals surface area (Å²) in [4.78, 5) is 32.2. The van der Waals surface area contributed by atoms with Gasteiger partial charge < -0.3 is 15.2 Å². The van der Waals surface area contributed by atoms with Crippen molar-refractivity contribution in [2.45, 2.75) is 12.6 Å². The number of anilines is 1. The molecule has 7 nitrogen and oxygen atoms in total. The molecule has 2 aliphatic rings. The summed E-state index contributed by atoms with van der Waals surface area (Å²) >= 11 is 1.17. The molecule has 2 N–H and O–H groups in total. The largest absolute Gasteiger partial charge is 0.481 e. The van der Waals surface area contributed by atoms with Crippen molar-refractivity contribution in [1.29, 1.82) is 0 Å². The molecule has 170 valence electrons. The number of aliphatic carboxylic acids is 1. The van der Waals surface area contributed by atoms with Gasteiger partial charge in [0.15, 0.2) is 5.13 Å². The smallest absolute Gasteiger partial charge is 0.433 e. The molecule has 4 atom stereocenters. The van der Waals surface area contributed by atoms with E-state index in [1.165, 1.54) is 17.4 Å². The Morgan fingerprint density at radius 2 is 1.82 bits per heavy atom. The Morgan fingerprint density at radius 3 is 2.55 bits per heavy atom. The first-order chi connectivity index (χ1) is 15.7. The fraction of sp³-hybridized carbons (Fsp3) is 0.273. The lowest BCUT2D eigenvalue weighted by Crippen LogP contribution is -2.36. The Morgan fingerprint density at radius 1 is 1.09 bits per heavy atom. The number of allylic oxidation sites excluding steroid dienone is 2. The van der Waals surface area contributed by atoms with Gasteiger partial charge in [0.2, 0.25) is 5.91 Å². The van der Waals surface area contributed by atoms with Gasteiger partial charge in [0.05, 0.1) is 22.1 Å². The van der Waals surface area contributed by atoms with E-state index in [9.17, 15) is 27.9 Å². The summed E-state index contributed by atoms with van der Waals surface area (Å²) in [6.45, 7) is 0. The Bertz CT molecular complexity index is 1290. The van der Waals surface area contributed by atoms with Gasteiger partial charge in [-0.25, -0.2) is 4.98 Å². The summed E-state index contributed by atoms with van der Waals surface area (Å²) in [5.74, 6) is -2.73. The van der Waals surface area contributed by atoms with Gasteiger partial charge in [-0.2, -0.15) is 13.2 Å². The third kappa shape index (κ3) is 4.04. The normalized spacial score (nSPS) is 23.7. The summed E-state index contributed by atoms with van der Waals surface area (Å²) < 4.78 is 44.8. The van der Waals surface area contributed by atoms with Crippen LogP contribution < -0.4 is 10.1 Å². The zero-order chi connectivity index (χ0) is 23.3. The molecule has 4 unspecified atom stereocenters. The molecule has 2 aliphatic carbocycles. The van der Waals surface area contributed by atoms with Gasteiger partial charge in [0.1, 0.15) is 17.2 Å². The molecule has 0 saturated heterocycles. The summed E-state index contributed by atoms with van der Waals surface area (Å²) in [6, 6.07) is 6.92. The number of carboxylic acids is 1. The van der Waals surface area contributed by atoms with E-state index in [-0.39, 0.29) is 23.5 Å². The van der Waals surface area contributed by atoms with Gasteiger partial charge in [-0.05, 0) is 36.5 Å². The lowest BCUT2D eigenvalue weighted by atomic mass is 9.82. The van der Waals surface area contributed by atoms with Crippen molar-refractivity contribution < 1.29 is 32.6 Å². The summed E-state index contributed by atoms with van der Waals surface area (Å²) in [5, 5.41) is 12.6. The number of carbonyl (C=O) groups is 2. The molecule has 1 amide bonds. The number of hydrogen-bond donors (Lipinski definition) is 2. The topological polar surface area (TPSA) is 101 Å². The number of nitrogens with one attached hydrogen (secondary N) is 1. The van der Waals surface area contributed by atoms with Crippen molar-refractivity contribution >= 4 is 38.6 Å². The van der Waals surface area contributed by atoms with E-state index in [0.29, 0.717) is 27.5 Å². The van der Waals surface area contributed by atoms with Crippen LogP contribution in [0.15, 0.2) is 48.7 Å². The maximum absolute atomic E-state index is 12.9. The minimum atomic E-state index is -4.58. The third-order valence-corrected chi connectivity index (χ3v) is 6.83. The number of ether oxygens (including phenoxy) is 1. The summed E-state index contributed by atoms with van der Waals surface area (Å²) in [5.41, 5.74) is -0.491. The maximum atomic E-state index is 12.9. The van der Waals surface area contributed by atoms with Crippen molar-refractivity contribution in [3.8, 4) is 11.5 Å². The molecule has 2 heterocycles. The first kappa shape index (κ1) is 21.4. The van der Waals surface area contributed by atoms with E-state index in [0.717, 1.165) is 12.3 Å². The number of amides is 1. The number of rotatable bonds is 5. The summed E-state index contributed by atoms with van der Waals surface area (Å²) in [6.07, 6.45) is 0.863. The molecule has 1 fully saturated rings. The highest BCUT2D eigenvalue weighted by molar-refractivity contribution is 7.22. The van der Waals surface area contributed by atoms with Crippen LogP contribution in [0, 0.1) is 23.7 Å². The predicted molar refractivity (Wildman–Crippen MR) is 113 cm³/mol. The fourth-order valence-electron chi connectivity index (χ4n) is 4.49. The van der Waals surface area contributed by atoms with E-state index in [4.69, 9.17) is 4.74 Å². The Kier molecular flexibility index (Phi) is 5.08. The van der Waals surface area contributed by atoms with Crippen LogP contribution in [-0.4, -0.2) is 27.0 Å². The van der Waals surface area contributed by atoms with Crippen molar-refractivity contribution in [3.05, 3.63) is 54.4 Å². The number of aromatic nitrogens is 2. The third-order valence-electron chi connectivity index (χ3n) is 5.89. The van der Waals surface area contributed by atoms with Gasteiger partial charge in [0.25, 0.3) is 0 Å². The minimum Gasteiger partial charge on any atom is -0.481 e. The van der Waals surface area contributed by atoms with Crippen molar-refractivity contribution in [2.75, 3.05) is 5.32 Å². The number of nitrogens with zero attached hydrogens (tertiary/aromatic N) is 2. The zero-order valence-electron chi connectivity index (χ0n) is 16.7. The van der Waals surface area contributed by atoms with Crippen LogP contribution in [0.1, 0.15) is 12.1 Å². The molecule has 3 aromatic rings. The zero-order valence-corrected chi connectivity index (χ0v) is 17.6. The molecule has 2 bridgehead atoms. The number of fused-ring (bicyclic) bond motifs is 3. The van der Waals surface area contributed by atoms with Crippen LogP contribution in [0.25, 0.3) is 10.2 Å². The van der Waals surface area contributed by atoms with Gasteiger partial charge in [-0.1, -0.05) is 23.5 Å². The Hall–Kier alpha value is -3.47. The summed E-state index contributed by atoms with van der Waals surface area (Å²) in [7, 11) is 0. The minimum absolute atomic E-state index is 0.0150. The molecule has 0 aliphatic heterocycles. The molecule has 11 heteroatoms. The lowest BCUT2D eigenvalue weighted by molar-refractivity contribution is -0.146. The quantitative estimate of drug-likeness (QED) is 0.506. The van der Waals surface area contributed by atoms with Gasteiger partial charge in [0, 0.05) is 18.3 Å². The Labute approximate surface area is 188 Å². The molecule has 2 aromatic heterocycles. The highest BCUT2D eigenvalue weighted by Crippen LogP contribution is 2.48. The van der Waals surface area contributed by atoms with E-state index >= 15 is 0 Å². The highest BCUT2D eigenvalue weighted by atomic mass is 32.1. The molecule has 5 rings (SSSR count). The van der Waals surface area contributed by atoms with Crippen LogP contribution >= 0.6 is 11.3 Å². The first-order valence-electron chi connectivity index (χ1n) is 10.0. The molecule has 0 spiro atoms. The van der Waals surface area contributed by atoms with Crippen LogP contribution in [0.2, 0.25) is 0 Å². The molecular weight excluding hydrogens is 459 g/mol. The van der Waals surface area contributed by atoms with Gasteiger partial charge >= 0.3 is 12.1 Å². The molecule has 0 radical (unpaired) electrons. The fourth-order valence-corrected chi connectivity index (χ4v) is 5.39. The van der Waals surface area contributed by atoms with Gasteiger partial charge in [-0.15, -0.1) is 0 Å². The van der Waals surface area contributed by atoms with E-state index in [1.807, 2.05) is 12.2 Å².